The number of hydrogen-bond acceptors (Lipinski definition) is 2. The van der Waals surface area contributed by atoms with Gasteiger partial charge >= 0.3 is 6.36 Å². The van der Waals surface area contributed by atoms with Crippen LogP contribution in [0.25, 0.3) is 0 Å². The molecule has 0 atom stereocenters. The lowest BCUT2D eigenvalue weighted by molar-refractivity contribution is -0.274. The van der Waals surface area contributed by atoms with E-state index in [9.17, 15) is 13.2 Å². The maximum absolute atomic E-state index is 12.1. The van der Waals surface area contributed by atoms with Gasteiger partial charge in [0.25, 0.3) is 0 Å². The summed E-state index contributed by atoms with van der Waals surface area (Å²) in [5.74, 6) is -0.203. The van der Waals surface area contributed by atoms with Crippen molar-refractivity contribution in [2.24, 2.45) is 0 Å². The minimum absolute atomic E-state index is 0.203. The van der Waals surface area contributed by atoms with Gasteiger partial charge in [0, 0.05) is 18.4 Å². The third-order valence-corrected chi connectivity index (χ3v) is 2.83. The van der Waals surface area contributed by atoms with Crippen molar-refractivity contribution in [3.05, 3.63) is 36.0 Å². The van der Waals surface area contributed by atoms with Crippen LogP contribution in [0.15, 0.2) is 36.0 Å². The molecule has 0 bridgehead atoms. The first kappa shape index (κ1) is 16.4. The number of hydrogen-bond donors (Lipinski definition) is 0. The molecular formula is C15H20F3NO. The average Bonchev–Trinajstić information content (AvgIpc) is 2.37. The fourth-order valence-corrected chi connectivity index (χ4v) is 1.94. The topological polar surface area (TPSA) is 12.5 Å². The highest BCUT2D eigenvalue weighted by atomic mass is 19.4. The lowest BCUT2D eigenvalue weighted by Crippen LogP contribution is -2.18. The lowest BCUT2D eigenvalue weighted by Gasteiger charge is -2.23. The Hall–Kier alpha value is -1.65. The third kappa shape index (κ3) is 5.15. The van der Waals surface area contributed by atoms with Gasteiger partial charge < -0.3 is 9.64 Å². The van der Waals surface area contributed by atoms with Crippen molar-refractivity contribution in [3.8, 4) is 5.75 Å². The fourth-order valence-electron chi connectivity index (χ4n) is 1.94. The van der Waals surface area contributed by atoms with Crippen LogP contribution in [0.5, 0.6) is 5.75 Å². The molecule has 1 aromatic carbocycles. The molecule has 0 heterocycles. The maximum Gasteiger partial charge on any atom is 0.573 e. The molecule has 0 radical (unpaired) electrons. The van der Waals surface area contributed by atoms with Gasteiger partial charge in [0.15, 0.2) is 0 Å². The van der Waals surface area contributed by atoms with Crippen LogP contribution in [0.4, 0.5) is 18.9 Å². The van der Waals surface area contributed by atoms with E-state index >= 15 is 0 Å². The van der Waals surface area contributed by atoms with Crippen molar-refractivity contribution in [1.29, 1.82) is 0 Å². The quantitative estimate of drug-likeness (QED) is 0.720. The molecule has 2 nitrogen and oxygen atoms in total. The second-order valence-corrected chi connectivity index (χ2v) is 4.45. The zero-order chi connectivity index (χ0) is 15.2. The summed E-state index contributed by atoms with van der Waals surface area (Å²) in [5.41, 5.74) is 2.01. The molecule has 5 heteroatoms. The van der Waals surface area contributed by atoms with Gasteiger partial charge in [0.1, 0.15) is 5.75 Å². The molecule has 0 aliphatic rings. The molecule has 0 saturated heterocycles. The number of nitrogens with zero attached hydrogens (tertiary/aromatic N) is 1. The summed E-state index contributed by atoms with van der Waals surface area (Å²) in [7, 11) is 1.91. The zero-order valence-corrected chi connectivity index (χ0v) is 12.0. The van der Waals surface area contributed by atoms with E-state index in [2.05, 4.69) is 24.7 Å². The highest BCUT2D eigenvalue weighted by molar-refractivity contribution is 5.53. The van der Waals surface area contributed by atoms with E-state index in [4.69, 9.17) is 0 Å². The van der Waals surface area contributed by atoms with Crippen LogP contribution >= 0.6 is 0 Å². The minimum Gasteiger partial charge on any atom is -0.406 e. The van der Waals surface area contributed by atoms with Crippen LogP contribution in [0.3, 0.4) is 0 Å². The van der Waals surface area contributed by atoms with E-state index in [1.165, 1.54) is 17.8 Å². The number of anilines is 1. The summed E-state index contributed by atoms with van der Waals surface area (Å²) in [6.07, 6.45) is 0.359. The molecule has 0 aliphatic carbocycles. The Morgan fingerprint density at radius 1 is 1.20 bits per heavy atom. The van der Waals surface area contributed by atoms with E-state index in [0.29, 0.717) is 0 Å². The number of halogens is 3. The molecule has 20 heavy (non-hydrogen) atoms. The van der Waals surface area contributed by atoms with Gasteiger partial charge in [-0.1, -0.05) is 26.3 Å². The van der Waals surface area contributed by atoms with Gasteiger partial charge in [-0.05, 0) is 37.1 Å². The molecule has 1 rings (SSSR count). The van der Waals surface area contributed by atoms with Gasteiger partial charge in [-0.25, -0.2) is 0 Å². The minimum atomic E-state index is -4.65. The second kappa shape index (κ2) is 7.22. The van der Waals surface area contributed by atoms with E-state index < -0.39 is 6.36 Å². The highest BCUT2D eigenvalue weighted by Gasteiger charge is 2.30. The molecular weight excluding hydrogens is 267 g/mol. The number of benzene rings is 1. The van der Waals surface area contributed by atoms with Gasteiger partial charge in [-0.2, -0.15) is 0 Å². The first-order chi connectivity index (χ1) is 9.37. The molecule has 112 valence electrons. The lowest BCUT2D eigenvalue weighted by atomic mass is 10.2. The first-order valence-corrected chi connectivity index (χ1v) is 6.66. The number of alkyl halides is 3. The van der Waals surface area contributed by atoms with Gasteiger partial charge in [0.2, 0.25) is 0 Å². The SMILES string of the molecule is CC/C=C(/CCC)N(C)c1ccc(OC(F)(F)F)cc1. The van der Waals surface area contributed by atoms with Crippen LogP contribution < -0.4 is 9.64 Å². The molecule has 0 aliphatic heterocycles. The summed E-state index contributed by atoms with van der Waals surface area (Å²) in [6.45, 7) is 4.15. The second-order valence-electron chi connectivity index (χ2n) is 4.45. The van der Waals surface area contributed by atoms with Gasteiger partial charge in [0.05, 0.1) is 0 Å². The molecule has 0 amide bonds. The van der Waals surface area contributed by atoms with Crippen molar-refractivity contribution in [3.63, 3.8) is 0 Å². The summed E-state index contributed by atoms with van der Waals surface area (Å²) >= 11 is 0. The Labute approximate surface area is 117 Å². The van der Waals surface area contributed by atoms with Crippen molar-refractivity contribution in [2.45, 2.75) is 39.5 Å². The molecule has 0 N–H and O–H groups in total. The van der Waals surface area contributed by atoms with E-state index in [0.717, 1.165) is 24.9 Å². The average molecular weight is 287 g/mol. The van der Waals surface area contributed by atoms with Crippen LogP contribution in [0.2, 0.25) is 0 Å². The number of rotatable bonds is 6. The number of ether oxygens (including phenoxy) is 1. The van der Waals surface area contributed by atoms with Gasteiger partial charge in [-0.15, -0.1) is 13.2 Å². The molecule has 0 unspecified atom stereocenters. The standard InChI is InChI=1S/C15H20F3NO/c1-4-6-12(7-5-2)19(3)13-8-10-14(11-9-13)20-15(16,17)18/h6,8-11H,4-5,7H2,1-3H3/b12-6-. The largest absolute Gasteiger partial charge is 0.573 e. The third-order valence-electron chi connectivity index (χ3n) is 2.83. The predicted octanol–water partition coefficient (Wildman–Crippen LogP) is 5.12. The Balaban J connectivity index is 2.84. The van der Waals surface area contributed by atoms with E-state index in [-0.39, 0.29) is 5.75 Å². The van der Waals surface area contributed by atoms with Crippen LogP contribution in [0, 0.1) is 0 Å². The normalized spacial score (nSPS) is 12.4. The molecule has 0 fully saturated rings. The van der Waals surface area contributed by atoms with Crippen molar-refractivity contribution < 1.29 is 17.9 Å². The van der Waals surface area contributed by atoms with Crippen LogP contribution in [-0.2, 0) is 0 Å². The van der Waals surface area contributed by atoms with Crippen LogP contribution in [0.1, 0.15) is 33.1 Å². The first-order valence-electron chi connectivity index (χ1n) is 6.66. The smallest absolute Gasteiger partial charge is 0.406 e. The fraction of sp³-hybridized carbons (Fsp3) is 0.467. The Kier molecular flexibility index (Phi) is 5.92. The summed E-state index contributed by atoms with van der Waals surface area (Å²) in [4.78, 5) is 1.99. The molecule has 0 aromatic heterocycles. The zero-order valence-electron chi connectivity index (χ0n) is 12.0. The predicted molar refractivity (Wildman–Crippen MR) is 74.8 cm³/mol. The summed E-state index contributed by atoms with van der Waals surface area (Å²) in [5, 5.41) is 0. The Morgan fingerprint density at radius 2 is 1.80 bits per heavy atom. The molecule has 1 aromatic rings. The summed E-state index contributed by atoms with van der Waals surface area (Å²) < 4.78 is 40.1. The van der Waals surface area contributed by atoms with Crippen molar-refractivity contribution >= 4 is 5.69 Å². The maximum atomic E-state index is 12.1. The van der Waals surface area contributed by atoms with E-state index in [1.54, 1.807) is 12.1 Å². The van der Waals surface area contributed by atoms with Gasteiger partial charge in [-0.3, -0.25) is 0 Å². The van der Waals surface area contributed by atoms with Crippen molar-refractivity contribution in [1.82, 2.24) is 0 Å². The Bertz CT molecular complexity index is 437. The molecule has 0 saturated carbocycles. The monoisotopic (exact) mass is 287 g/mol. The Morgan fingerprint density at radius 3 is 2.25 bits per heavy atom. The molecule has 0 spiro atoms. The highest BCUT2D eigenvalue weighted by Crippen LogP contribution is 2.27. The number of allylic oxidation sites excluding steroid dienone is 2. The van der Waals surface area contributed by atoms with E-state index in [1.807, 2.05) is 11.9 Å². The van der Waals surface area contributed by atoms with Crippen molar-refractivity contribution in [2.75, 3.05) is 11.9 Å². The summed E-state index contributed by atoms with van der Waals surface area (Å²) in [6, 6.07) is 5.91. The van der Waals surface area contributed by atoms with Crippen LogP contribution in [-0.4, -0.2) is 13.4 Å².